The number of esters is 1. The molecule has 2 aromatic rings. The van der Waals surface area contributed by atoms with Gasteiger partial charge in [-0.15, -0.1) is 0 Å². The molecule has 0 bridgehead atoms. The van der Waals surface area contributed by atoms with Crippen molar-refractivity contribution in [2.75, 3.05) is 6.54 Å². The molecule has 3 aliphatic carbocycles. The molecule has 0 aromatic heterocycles. The van der Waals surface area contributed by atoms with E-state index >= 15 is 0 Å². The van der Waals surface area contributed by atoms with Crippen molar-refractivity contribution in [3.05, 3.63) is 42.0 Å². The van der Waals surface area contributed by atoms with E-state index in [1.54, 1.807) is 18.2 Å². The Labute approximate surface area is 223 Å². The molecule has 1 heterocycles. The van der Waals surface area contributed by atoms with E-state index in [0.717, 1.165) is 17.3 Å². The molecule has 4 atom stereocenters. The third-order valence-electron chi connectivity index (χ3n) is 10.3. The molecule has 2 aromatic carbocycles. The summed E-state index contributed by atoms with van der Waals surface area (Å²) in [6.07, 6.45) is 7.55. The summed E-state index contributed by atoms with van der Waals surface area (Å²) in [7, 11) is 0. The molecule has 7 nitrogen and oxygen atoms in total. The minimum Gasteiger partial charge on any atom is -0.426 e. The first kappa shape index (κ1) is 25.1. The standard InChI is InChI=1S/C31H36N2O5/c1-28(16-29(2)18-30(3)25(35)33-26(36)31(29,30)17-28)27(37)38-23-12-11-20-13-22(10-9-21(20)14-23)24(34)32-15-19-7-5-4-6-8-19/h9-14,19H,4-8,15-18H2,1-3H3,(H,32,34)(H,33,35,36)/t28-,29-,30-,31?/m0/s1. The summed E-state index contributed by atoms with van der Waals surface area (Å²) in [6, 6.07) is 10.9. The van der Waals surface area contributed by atoms with Crippen molar-refractivity contribution in [3.8, 4) is 5.75 Å². The summed E-state index contributed by atoms with van der Waals surface area (Å²) in [6.45, 7) is 6.44. The normalized spacial score (nSPS) is 34.3. The van der Waals surface area contributed by atoms with Gasteiger partial charge in [0.2, 0.25) is 11.8 Å². The van der Waals surface area contributed by atoms with Gasteiger partial charge >= 0.3 is 5.97 Å². The van der Waals surface area contributed by atoms with Crippen molar-refractivity contribution in [2.45, 2.75) is 72.1 Å². The van der Waals surface area contributed by atoms with E-state index < -0.39 is 21.7 Å². The number of carbonyl (C=O) groups excluding carboxylic acids is 4. The van der Waals surface area contributed by atoms with Crippen LogP contribution in [0.15, 0.2) is 36.4 Å². The van der Waals surface area contributed by atoms with Crippen LogP contribution in [0.3, 0.4) is 0 Å². The van der Waals surface area contributed by atoms with Crippen LogP contribution in [-0.2, 0) is 14.4 Å². The Kier molecular flexibility index (Phi) is 5.54. The fraction of sp³-hybridized carbons (Fsp3) is 0.548. The fourth-order valence-corrected chi connectivity index (χ4v) is 8.53. The lowest BCUT2D eigenvalue weighted by atomic mass is 9.39. The molecule has 6 rings (SSSR count). The minimum absolute atomic E-state index is 0.0638. The van der Waals surface area contributed by atoms with Crippen LogP contribution in [0, 0.1) is 27.6 Å². The molecule has 1 saturated heterocycles. The number of imide groups is 1. The SMILES string of the molecule is C[C@@]1(C(=O)Oc2ccc3cc(C(=O)NCC4CCCCC4)ccc3c2)CC23C(=O)NC(=O)[C@]2(C)C[C@]3(C)C1. The largest absolute Gasteiger partial charge is 0.426 e. The Balaban J connectivity index is 1.15. The van der Waals surface area contributed by atoms with Gasteiger partial charge in [-0.05, 0) is 92.3 Å². The van der Waals surface area contributed by atoms with Gasteiger partial charge in [-0.2, -0.15) is 0 Å². The molecule has 0 radical (unpaired) electrons. The second-order valence-electron chi connectivity index (χ2n) is 13.0. The van der Waals surface area contributed by atoms with Crippen LogP contribution in [-0.4, -0.2) is 30.2 Å². The first-order valence-electron chi connectivity index (χ1n) is 13.9. The number of rotatable bonds is 5. The molecule has 1 unspecified atom stereocenters. The number of carbonyl (C=O) groups is 4. The van der Waals surface area contributed by atoms with Gasteiger partial charge in [-0.1, -0.05) is 38.3 Å². The first-order chi connectivity index (χ1) is 18.0. The Bertz CT molecular complexity index is 1380. The molecule has 2 N–H and O–H groups in total. The zero-order valence-electron chi connectivity index (χ0n) is 22.4. The lowest BCUT2D eigenvalue weighted by molar-refractivity contribution is -0.179. The van der Waals surface area contributed by atoms with Crippen molar-refractivity contribution < 1.29 is 23.9 Å². The number of benzene rings is 2. The zero-order chi connectivity index (χ0) is 26.9. The Morgan fingerprint density at radius 2 is 1.63 bits per heavy atom. The zero-order valence-corrected chi connectivity index (χ0v) is 22.4. The van der Waals surface area contributed by atoms with Gasteiger partial charge in [0.05, 0.1) is 16.2 Å². The average molecular weight is 517 g/mol. The highest BCUT2D eigenvalue weighted by Crippen LogP contribution is 2.80. The van der Waals surface area contributed by atoms with Crippen molar-refractivity contribution in [3.63, 3.8) is 0 Å². The van der Waals surface area contributed by atoms with Crippen LogP contribution in [0.25, 0.3) is 10.8 Å². The molecule has 3 amide bonds. The van der Waals surface area contributed by atoms with Crippen LogP contribution in [0.1, 0.15) is 82.5 Å². The summed E-state index contributed by atoms with van der Waals surface area (Å²) < 4.78 is 5.87. The monoisotopic (exact) mass is 516 g/mol. The fourth-order valence-electron chi connectivity index (χ4n) is 8.53. The molecule has 3 saturated carbocycles. The summed E-state index contributed by atoms with van der Waals surface area (Å²) in [5, 5.41) is 7.38. The number of ether oxygens (including phenoxy) is 1. The summed E-state index contributed by atoms with van der Waals surface area (Å²) in [4.78, 5) is 51.7. The smallest absolute Gasteiger partial charge is 0.317 e. The van der Waals surface area contributed by atoms with E-state index in [-0.39, 0.29) is 23.7 Å². The van der Waals surface area contributed by atoms with Gasteiger partial charge in [0.1, 0.15) is 5.75 Å². The second-order valence-corrected chi connectivity index (χ2v) is 13.0. The molecule has 4 fully saturated rings. The molecule has 200 valence electrons. The number of hydrogen-bond acceptors (Lipinski definition) is 5. The number of nitrogens with one attached hydrogen (secondary N) is 2. The van der Waals surface area contributed by atoms with Crippen LogP contribution in [0.5, 0.6) is 5.75 Å². The van der Waals surface area contributed by atoms with Crippen molar-refractivity contribution >= 4 is 34.5 Å². The lowest BCUT2D eigenvalue weighted by Gasteiger charge is -2.59. The Hall–Kier alpha value is -3.22. The first-order valence-corrected chi connectivity index (χ1v) is 13.9. The molecular formula is C31H36N2O5. The van der Waals surface area contributed by atoms with Gasteiger partial charge in [0.25, 0.3) is 5.91 Å². The predicted molar refractivity (Wildman–Crippen MR) is 142 cm³/mol. The van der Waals surface area contributed by atoms with E-state index in [4.69, 9.17) is 4.74 Å². The van der Waals surface area contributed by atoms with Crippen molar-refractivity contribution in [2.24, 2.45) is 27.6 Å². The summed E-state index contributed by atoms with van der Waals surface area (Å²) >= 11 is 0. The van der Waals surface area contributed by atoms with E-state index in [9.17, 15) is 19.2 Å². The lowest BCUT2D eigenvalue weighted by Crippen LogP contribution is -2.62. The van der Waals surface area contributed by atoms with E-state index in [1.165, 1.54) is 32.1 Å². The highest BCUT2D eigenvalue weighted by atomic mass is 16.5. The Morgan fingerprint density at radius 1 is 0.921 bits per heavy atom. The van der Waals surface area contributed by atoms with E-state index in [0.29, 0.717) is 36.5 Å². The van der Waals surface area contributed by atoms with Gasteiger partial charge < -0.3 is 10.1 Å². The quantitative estimate of drug-likeness (QED) is 0.334. The van der Waals surface area contributed by atoms with Crippen LogP contribution >= 0.6 is 0 Å². The van der Waals surface area contributed by atoms with Gasteiger partial charge in [-0.25, -0.2) is 0 Å². The van der Waals surface area contributed by atoms with E-state index in [1.807, 2.05) is 39.0 Å². The van der Waals surface area contributed by atoms with Crippen molar-refractivity contribution in [1.29, 1.82) is 0 Å². The van der Waals surface area contributed by atoms with Crippen LogP contribution in [0.4, 0.5) is 0 Å². The van der Waals surface area contributed by atoms with Crippen LogP contribution < -0.4 is 15.4 Å². The number of amides is 3. The predicted octanol–water partition coefficient (Wildman–Crippen LogP) is 4.91. The molecule has 1 aliphatic heterocycles. The number of hydrogen-bond donors (Lipinski definition) is 2. The summed E-state index contributed by atoms with van der Waals surface area (Å²) in [5.41, 5.74) is -2.29. The summed E-state index contributed by atoms with van der Waals surface area (Å²) in [5.74, 6) is 0.0754. The van der Waals surface area contributed by atoms with Crippen LogP contribution in [0.2, 0.25) is 0 Å². The second kappa shape index (κ2) is 8.39. The molecule has 7 heteroatoms. The van der Waals surface area contributed by atoms with E-state index in [2.05, 4.69) is 10.6 Å². The number of fused-ring (bicyclic) bond motifs is 1. The molecular weight excluding hydrogens is 480 g/mol. The third kappa shape index (κ3) is 3.46. The molecule has 38 heavy (non-hydrogen) atoms. The Morgan fingerprint density at radius 3 is 2.37 bits per heavy atom. The third-order valence-corrected chi connectivity index (χ3v) is 10.3. The topological polar surface area (TPSA) is 102 Å². The highest BCUT2D eigenvalue weighted by Gasteiger charge is 2.84. The molecule has 1 spiro atoms. The minimum atomic E-state index is -0.871. The van der Waals surface area contributed by atoms with Gasteiger partial charge in [-0.3, -0.25) is 24.5 Å². The maximum Gasteiger partial charge on any atom is 0.317 e. The molecule has 4 aliphatic rings. The van der Waals surface area contributed by atoms with Gasteiger partial charge in [0.15, 0.2) is 0 Å². The maximum absolute atomic E-state index is 13.5. The average Bonchev–Trinajstić information content (AvgIpc) is 3.19. The highest BCUT2D eigenvalue weighted by molar-refractivity contribution is 6.12. The maximum atomic E-state index is 13.5. The van der Waals surface area contributed by atoms with Crippen molar-refractivity contribution in [1.82, 2.24) is 10.6 Å². The van der Waals surface area contributed by atoms with Gasteiger partial charge in [0, 0.05) is 12.1 Å².